The van der Waals surface area contributed by atoms with Gasteiger partial charge in [0.1, 0.15) is 0 Å². The van der Waals surface area contributed by atoms with Crippen molar-refractivity contribution in [1.29, 1.82) is 0 Å². The average Bonchev–Trinajstić information content (AvgIpc) is 2.88. The highest BCUT2D eigenvalue weighted by Gasteiger charge is 2.17. The summed E-state index contributed by atoms with van der Waals surface area (Å²) in [5.74, 6) is 1.05. The van der Waals surface area contributed by atoms with E-state index >= 15 is 0 Å². The maximum atomic E-state index is 12.5. The van der Waals surface area contributed by atoms with E-state index in [0.29, 0.717) is 29.7 Å². The maximum Gasteiger partial charge on any atom is 0.228 e. The fourth-order valence-corrected chi connectivity index (χ4v) is 3.39. The molecule has 1 aliphatic rings. The minimum atomic E-state index is -0.105. The molecule has 0 aliphatic carbocycles. The van der Waals surface area contributed by atoms with Crippen molar-refractivity contribution in [3.8, 4) is 11.5 Å². The summed E-state index contributed by atoms with van der Waals surface area (Å²) in [6.07, 6.45) is 1.02. The quantitative estimate of drug-likeness (QED) is 0.720. The zero-order chi connectivity index (χ0) is 17.9. The molecule has 3 aromatic rings. The molecule has 0 spiro atoms. The predicted octanol–water partition coefficient (Wildman–Crippen LogP) is 4.84. The van der Waals surface area contributed by atoms with Gasteiger partial charge in [0.15, 0.2) is 11.5 Å². The van der Waals surface area contributed by atoms with Gasteiger partial charge in [-0.1, -0.05) is 48.0 Å². The molecule has 0 saturated heterocycles. The van der Waals surface area contributed by atoms with Crippen LogP contribution in [0.3, 0.4) is 0 Å². The normalized spacial score (nSPS) is 13.3. The Kier molecular flexibility index (Phi) is 4.67. The Bertz CT molecular complexity index is 965. The Balaban J connectivity index is 1.55. The van der Waals surface area contributed by atoms with Crippen LogP contribution in [-0.4, -0.2) is 19.1 Å². The first-order valence-electron chi connectivity index (χ1n) is 8.56. The van der Waals surface area contributed by atoms with E-state index in [1.807, 2.05) is 48.5 Å². The minimum Gasteiger partial charge on any atom is -0.489 e. The molecule has 0 bridgehead atoms. The van der Waals surface area contributed by atoms with E-state index in [-0.39, 0.29) is 12.3 Å². The highest BCUT2D eigenvalue weighted by atomic mass is 35.5. The smallest absolute Gasteiger partial charge is 0.228 e. The molecular weight excluding hydrogens is 350 g/mol. The summed E-state index contributed by atoms with van der Waals surface area (Å²) in [5.41, 5.74) is 1.59. The summed E-state index contributed by atoms with van der Waals surface area (Å²) < 4.78 is 11.3. The molecule has 4 nitrogen and oxygen atoms in total. The number of hydrogen-bond donors (Lipinski definition) is 1. The molecule has 132 valence electrons. The molecule has 0 atom stereocenters. The van der Waals surface area contributed by atoms with Crippen molar-refractivity contribution in [1.82, 2.24) is 0 Å². The van der Waals surface area contributed by atoms with Crippen molar-refractivity contribution in [3.63, 3.8) is 0 Å². The molecule has 0 radical (unpaired) electrons. The molecule has 0 fully saturated rings. The van der Waals surface area contributed by atoms with Crippen LogP contribution in [0.5, 0.6) is 11.5 Å². The van der Waals surface area contributed by atoms with E-state index in [2.05, 4.69) is 5.32 Å². The van der Waals surface area contributed by atoms with Crippen LogP contribution in [0.25, 0.3) is 10.8 Å². The molecule has 3 aromatic carbocycles. The molecule has 0 unspecified atom stereocenters. The summed E-state index contributed by atoms with van der Waals surface area (Å²) in [5, 5.41) is 5.56. The Labute approximate surface area is 156 Å². The van der Waals surface area contributed by atoms with Gasteiger partial charge in [-0.2, -0.15) is 0 Å². The minimum absolute atomic E-state index is 0.105. The fraction of sp³-hybridized carbons (Fsp3) is 0.190. The van der Waals surface area contributed by atoms with Crippen LogP contribution >= 0.6 is 11.6 Å². The third-order valence-electron chi connectivity index (χ3n) is 4.29. The number of carbonyl (C=O) groups excluding carboxylic acids is 1. The molecule has 0 aromatic heterocycles. The average molecular weight is 368 g/mol. The number of ether oxygens (including phenoxy) is 2. The molecule has 1 N–H and O–H groups in total. The number of fused-ring (bicyclic) bond motifs is 2. The topological polar surface area (TPSA) is 47.6 Å². The summed E-state index contributed by atoms with van der Waals surface area (Å²) >= 11 is 6.30. The summed E-state index contributed by atoms with van der Waals surface area (Å²) in [4.78, 5) is 12.5. The number of halogens is 1. The second-order valence-electron chi connectivity index (χ2n) is 6.21. The van der Waals surface area contributed by atoms with Crippen LogP contribution in [-0.2, 0) is 11.2 Å². The monoisotopic (exact) mass is 367 g/mol. The van der Waals surface area contributed by atoms with Crippen molar-refractivity contribution < 1.29 is 14.3 Å². The van der Waals surface area contributed by atoms with Crippen molar-refractivity contribution in [2.45, 2.75) is 12.8 Å². The SMILES string of the molecule is O=C(Cc1cc(Cl)c2c(c1)OCCCO2)Nc1cccc2ccccc12. The van der Waals surface area contributed by atoms with E-state index in [4.69, 9.17) is 21.1 Å². The lowest BCUT2D eigenvalue weighted by Crippen LogP contribution is -2.14. The first kappa shape index (κ1) is 16.7. The van der Waals surface area contributed by atoms with Crippen LogP contribution < -0.4 is 14.8 Å². The second-order valence-corrected chi connectivity index (χ2v) is 6.61. The Morgan fingerprint density at radius 1 is 1.04 bits per heavy atom. The van der Waals surface area contributed by atoms with Crippen LogP contribution in [0.2, 0.25) is 5.02 Å². The van der Waals surface area contributed by atoms with Gasteiger partial charge in [-0.15, -0.1) is 0 Å². The molecule has 1 heterocycles. The summed E-state index contributed by atoms with van der Waals surface area (Å²) in [6, 6.07) is 17.4. The van der Waals surface area contributed by atoms with Gasteiger partial charge in [-0.25, -0.2) is 0 Å². The van der Waals surface area contributed by atoms with Gasteiger partial charge >= 0.3 is 0 Å². The van der Waals surface area contributed by atoms with Gasteiger partial charge in [-0.3, -0.25) is 4.79 Å². The van der Waals surface area contributed by atoms with Gasteiger partial charge < -0.3 is 14.8 Å². The number of amides is 1. The standard InChI is InChI=1S/C21H18ClNO3/c22-17-11-14(12-19-21(17)26-10-4-9-25-19)13-20(24)23-18-8-3-6-15-5-1-2-7-16(15)18/h1-3,5-8,11-12H,4,9-10,13H2,(H,23,24). The first-order chi connectivity index (χ1) is 12.7. The van der Waals surface area contributed by atoms with Gasteiger partial charge in [-0.05, 0) is 29.1 Å². The van der Waals surface area contributed by atoms with Gasteiger partial charge in [0.2, 0.25) is 5.91 Å². The van der Waals surface area contributed by atoms with Gasteiger partial charge in [0.05, 0.1) is 24.7 Å². The number of carbonyl (C=O) groups is 1. The molecule has 4 rings (SSSR count). The lowest BCUT2D eigenvalue weighted by atomic mass is 10.1. The molecule has 26 heavy (non-hydrogen) atoms. The van der Waals surface area contributed by atoms with Crippen LogP contribution in [0.1, 0.15) is 12.0 Å². The third-order valence-corrected chi connectivity index (χ3v) is 4.57. The Hall–Kier alpha value is -2.72. The lowest BCUT2D eigenvalue weighted by molar-refractivity contribution is -0.115. The summed E-state index contributed by atoms with van der Waals surface area (Å²) in [7, 11) is 0. The number of rotatable bonds is 3. The molecule has 1 amide bonds. The van der Waals surface area contributed by atoms with Crippen LogP contribution in [0, 0.1) is 0 Å². The van der Waals surface area contributed by atoms with E-state index in [9.17, 15) is 4.79 Å². The highest BCUT2D eigenvalue weighted by molar-refractivity contribution is 6.32. The van der Waals surface area contributed by atoms with Crippen LogP contribution in [0.15, 0.2) is 54.6 Å². The molecule has 0 saturated carbocycles. The lowest BCUT2D eigenvalue weighted by Gasteiger charge is -2.12. The van der Waals surface area contributed by atoms with Crippen molar-refractivity contribution in [3.05, 3.63) is 65.2 Å². The second kappa shape index (κ2) is 7.26. The Morgan fingerprint density at radius 2 is 1.85 bits per heavy atom. The fourth-order valence-electron chi connectivity index (χ4n) is 3.10. The molecule has 5 heteroatoms. The number of benzene rings is 3. The van der Waals surface area contributed by atoms with Crippen LogP contribution in [0.4, 0.5) is 5.69 Å². The predicted molar refractivity (Wildman–Crippen MR) is 103 cm³/mol. The number of anilines is 1. The van der Waals surface area contributed by atoms with E-state index < -0.39 is 0 Å². The summed E-state index contributed by atoms with van der Waals surface area (Å²) in [6.45, 7) is 1.16. The van der Waals surface area contributed by atoms with Crippen molar-refractivity contribution in [2.24, 2.45) is 0 Å². The van der Waals surface area contributed by atoms with Gasteiger partial charge in [0.25, 0.3) is 0 Å². The highest BCUT2D eigenvalue weighted by Crippen LogP contribution is 2.38. The third kappa shape index (κ3) is 3.46. The zero-order valence-corrected chi connectivity index (χ0v) is 14.9. The van der Waals surface area contributed by atoms with Gasteiger partial charge in [0, 0.05) is 17.5 Å². The van der Waals surface area contributed by atoms with Crippen molar-refractivity contribution in [2.75, 3.05) is 18.5 Å². The maximum absolute atomic E-state index is 12.5. The Morgan fingerprint density at radius 3 is 2.77 bits per heavy atom. The first-order valence-corrected chi connectivity index (χ1v) is 8.94. The number of hydrogen-bond acceptors (Lipinski definition) is 3. The van der Waals surface area contributed by atoms with E-state index in [1.54, 1.807) is 6.07 Å². The molecule has 1 aliphatic heterocycles. The van der Waals surface area contributed by atoms with E-state index in [1.165, 1.54) is 0 Å². The van der Waals surface area contributed by atoms with Crippen molar-refractivity contribution >= 4 is 34.0 Å². The largest absolute Gasteiger partial charge is 0.489 e. The van der Waals surface area contributed by atoms with E-state index in [0.717, 1.165) is 28.4 Å². The molecular formula is C21H18ClNO3. The number of nitrogens with one attached hydrogen (secondary N) is 1. The zero-order valence-electron chi connectivity index (χ0n) is 14.1.